The second-order valence-electron chi connectivity index (χ2n) is 5.50. The van der Waals surface area contributed by atoms with Crippen LogP contribution in [0.4, 0.5) is 0 Å². The minimum Gasteiger partial charge on any atom is -0.378 e. The zero-order valence-corrected chi connectivity index (χ0v) is 12.5. The summed E-state index contributed by atoms with van der Waals surface area (Å²) in [4.78, 5) is 11.6. The van der Waals surface area contributed by atoms with Crippen molar-refractivity contribution in [1.82, 2.24) is 10.6 Å². The molecule has 0 aliphatic heterocycles. The highest BCUT2D eigenvalue weighted by Crippen LogP contribution is 2.20. The van der Waals surface area contributed by atoms with Gasteiger partial charge in [0.2, 0.25) is 5.91 Å². The molecule has 0 radical (unpaired) electrons. The van der Waals surface area contributed by atoms with Gasteiger partial charge in [-0.15, -0.1) is 0 Å². The summed E-state index contributed by atoms with van der Waals surface area (Å²) in [6.07, 6.45) is 8.35. The maximum atomic E-state index is 11.6. The summed E-state index contributed by atoms with van der Waals surface area (Å²) in [5.41, 5.74) is 0. The van der Waals surface area contributed by atoms with E-state index in [-0.39, 0.29) is 11.9 Å². The summed E-state index contributed by atoms with van der Waals surface area (Å²) < 4.78 is 5.82. The number of ether oxygens (including phenoxy) is 1. The van der Waals surface area contributed by atoms with Crippen molar-refractivity contribution in [2.24, 2.45) is 0 Å². The highest BCUT2D eigenvalue weighted by atomic mass is 16.5. The van der Waals surface area contributed by atoms with Crippen molar-refractivity contribution in [1.29, 1.82) is 0 Å². The van der Waals surface area contributed by atoms with E-state index in [0.717, 1.165) is 26.1 Å². The molecule has 1 atom stereocenters. The second-order valence-corrected chi connectivity index (χ2v) is 5.50. The lowest BCUT2D eigenvalue weighted by Gasteiger charge is -2.22. The SMILES string of the molecule is CCNC(C)CC(=O)NCCCOC1CCCCC1. The van der Waals surface area contributed by atoms with Crippen molar-refractivity contribution in [3.63, 3.8) is 0 Å². The molecule has 1 rings (SSSR count). The minimum atomic E-state index is 0.131. The summed E-state index contributed by atoms with van der Waals surface area (Å²) in [7, 11) is 0. The molecule has 1 aliphatic carbocycles. The smallest absolute Gasteiger partial charge is 0.221 e. The van der Waals surface area contributed by atoms with E-state index in [1.165, 1.54) is 32.1 Å². The maximum absolute atomic E-state index is 11.6. The van der Waals surface area contributed by atoms with Crippen LogP contribution in [0, 0.1) is 0 Å². The van der Waals surface area contributed by atoms with Crippen LogP contribution in [-0.2, 0) is 9.53 Å². The topological polar surface area (TPSA) is 50.4 Å². The zero-order chi connectivity index (χ0) is 13.9. The van der Waals surface area contributed by atoms with Gasteiger partial charge in [0, 0.05) is 25.6 Å². The molecule has 0 saturated heterocycles. The average Bonchev–Trinajstić information content (AvgIpc) is 2.39. The monoisotopic (exact) mass is 270 g/mol. The summed E-state index contributed by atoms with van der Waals surface area (Å²) in [6.45, 7) is 6.49. The third kappa shape index (κ3) is 8.22. The van der Waals surface area contributed by atoms with Crippen molar-refractivity contribution >= 4 is 5.91 Å². The molecule has 0 aromatic heterocycles. The van der Waals surface area contributed by atoms with Crippen LogP contribution in [0.2, 0.25) is 0 Å². The molecule has 19 heavy (non-hydrogen) atoms. The van der Waals surface area contributed by atoms with Gasteiger partial charge in [-0.25, -0.2) is 0 Å². The molecule has 0 bridgehead atoms. The van der Waals surface area contributed by atoms with Crippen molar-refractivity contribution in [3.8, 4) is 0 Å². The zero-order valence-electron chi connectivity index (χ0n) is 12.5. The average molecular weight is 270 g/mol. The Morgan fingerprint density at radius 2 is 2.05 bits per heavy atom. The van der Waals surface area contributed by atoms with Crippen molar-refractivity contribution in [3.05, 3.63) is 0 Å². The van der Waals surface area contributed by atoms with Gasteiger partial charge in [-0.1, -0.05) is 26.2 Å². The number of amides is 1. The molecule has 0 aromatic carbocycles. The summed E-state index contributed by atoms with van der Waals surface area (Å²) in [6, 6.07) is 0.253. The lowest BCUT2D eigenvalue weighted by atomic mass is 9.98. The van der Waals surface area contributed by atoms with Gasteiger partial charge in [-0.3, -0.25) is 4.79 Å². The van der Waals surface area contributed by atoms with Gasteiger partial charge in [0.15, 0.2) is 0 Å². The van der Waals surface area contributed by atoms with Crippen LogP contribution in [0.15, 0.2) is 0 Å². The molecule has 1 unspecified atom stereocenters. The molecule has 4 heteroatoms. The van der Waals surface area contributed by atoms with Crippen LogP contribution in [0.1, 0.15) is 58.8 Å². The molecule has 0 heterocycles. The predicted molar refractivity (Wildman–Crippen MR) is 78.2 cm³/mol. The molecule has 112 valence electrons. The number of carbonyl (C=O) groups is 1. The molecule has 0 spiro atoms. The number of carbonyl (C=O) groups excluding carboxylic acids is 1. The number of hydrogen-bond donors (Lipinski definition) is 2. The molecule has 1 amide bonds. The molecule has 4 nitrogen and oxygen atoms in total. The number of rotatable bonds is 9. The van der Waals surface area contributed by atoms with Gasteiger partial charge in [-0.05, 0) is 32.7 Å². The lowest BCUT2D eigenvalue weighted by Crippen LogP contribution is -2.34. The highest BCUT2D eigenvalue weighted by molar-refractivity contribution is 5.76. The van der Waals surface area contributed by atoms with Crippen LogP contribution in [-0.4, -0.2) is 37.7 Å². The van der Waals surface area contributed by atoms with E-state index in [1.54, 1.807) is 0 Å². The fourth-order valence-corrected chi connectivity index (χ4v) is 2.55. The van der Waals surface area contributed by atoms with E-state index >= 15 is 0 Å². The van der Waals surface area contributed by atoms with Gasteiger partial charge in [0.1, 0.15) is 0 Å². The largest absolute Gasteiger partial charge is 0.378 e. The molecular weight excluding hydrogens is 240 g/mol. The predicted octanol–water partition coefficient (Wildman–Crippen LogP) is 2.23. The third-order valence-electron chi connectivity index (χ3n) is 3.59. The molecule has 1 saturated carbocycles. The Balaban J connectivity index is 1.93. The summed E-state index contributed by atoms with van der Waals surface area (Å²) in [5.74, 6) is 0.131. The Bertz CT molecular complexity index is 240. The van der Waals surface area contributed by atoms with Crippen LogP contribution in [0.5, 0.6) is 0 Å². The third-order valence-corrected chi connectivity index (χ3v) is 3.59. The standard InChI is InChI=1S/C15H30N2O2/c1-3-16-13(2)12-15(18)17-10-7-11-19-14-8-5-4-6-9-14/h13-14,16H,3-12H2,1-2H3,(H,17,18). The Labute approximate surface area is 117 Å². The first-order chi connectivity index (χ1) is 9.22. The summed E-state index contributed by atoms with van der Waals surface area (Å²) in [5, 5.41) is 6.19. The van der Waals surface area contributed by atoms with Crippen LogP contribution >= 0.6 is 0 Å². The fourth-order valence-electron chi connectivity index (χ4n) is 2.55. The van der Waals surface area contributed by atoms with Gasteiger partial charge in [0.25, 0.3) is 0 Å². The van der Waals surface area contributed by atoms with Gasteiger partial charge < -0.3 is 15.4 Å². The normalized spacial score (nSPS) is 18.2. The number of hydrogen-bond acceptors (Lipinski definition) is 3. The maximum Gasteiger partial charge on any atom is 0.221 e. The lowest BCUT2D eigenvalue weighted by molar-refractivity contribution is -0.121. The molecule has 0 aromatic rings. The van der Waals surface area contributed by atoms with E-state index in [4.69, 9.17) is 4.74 Å². The molecule has 2 N–H and O–H groups in total. The Morgan fingerprint density at radius 1 is 1.32 bits per heavy atom. The Kier molecular flexibility index (Phi) is 8.84. The highest BCUT2D eigenvalue weighted by Gasteiger charge is 2.13. The van der Waals surface area contributed by atoms with Crippen LogP contribution < -0.4 is 10.6 Å². The van der Waals surface area contributed by atoms with E-state index in [0.29, 0.717) is 12.5 Å². The minimum absolute atomic E-state index is 0.131. The van der Waals surface area contributed by atoms with Gasteiger partial charge in [0.05, 0.1) is 6.10 Å². The first-order valence-electron chi connectivity index (χ1n) is 7.84. The second kappa shape index (κ2) is 10.2. The molecule has 1 fully saturated rings. The number of nitrogens with one attached hydrogen (secondary N) is 2. The van der Waals surface area contributed by atoms with Gasteiger partial charge in [-0.2, -0.15) is 0 Å². The van der Waals surface area contributed by atoms with E-state index < -0.39 is 0 Å². The van der Waals surface area contributed by atoms with Crippen molar-refractivity contribution in [2.75, 3.05) is 19.7 Å². The van der Waals surface area contributed by atoms with Crippen LogP contribution in [0.3, 0.4) is 0 Å². The Morgan fingerprint density at radius 3 is 2.74 bits per heavy atom. The quantitative estimate of drug-likeness (QED) is 0.632. The van der Waals surface area contributed by atoms with Crippen molar-refractivity contribution < 1.29 is 9.53 Å². The van der Waals surface area contributed by atoms with Crippen molar-refractivity contribution in [2.45, 2.75) is 70.9 Å². The van der Waals surface area contributed by atoms with Gasteiger partial charge >= 0.3 is 0 Å². The van der Waals surface area contributed by atoms with E-state index in [2.05, 4.69) is 17.6 Å². The van der Waals surface area contributed by atoms with E-state index in [9.17, 15) is 4.79 Å². The molecular formula is C15H30N2O2. The first kappa shape index (κ1) is 16.4. The van der Waals surface area contributed by atoms with Crippen LogP contribution in [0.25, 0.3) is 0 Å². The van der Waals surface area contributed by atoms with E-state index in [1.807, 2.05) is 6.92 Å². The first-order valence-corrected chi connectivity index (χ1v) is 7.84. The fraction of sp³-hybridized carbons (Fsp3) is 0.933. The molecule has 1 aliphatic rings. The summed E-state index contributed by atoms with van der Waals surface area (Å²) >= 11 is 0. The Hall–Kier alpha value is -0.610.